The molecule has 1 aromatic rings. The molecule has 0 aliphatic heterocycles. The molecule has 1 aliphatic rings. The fourth-order valence-electron chi connectivity index (χ4n) is 1.12. The van der Waals surface area contributed by atoms with Crippen molar-refractivity contribution in [1.82, 2.24) is 0 Å². The molecule has 12 heavy (non-hydrogen) atoms. The predicted molar refractivity (Wildman–Crippen MR) is 54.2 cm³/mol. The highest BCUT2D eigenvalue weighted by Gasteiger charge is 1.84. The summed E-state index contributed by atoms with van der Waals surface area (Å²) in [4.78, 5) is 0. The molecule has 0 N–H and O–H groups in total. The van der Waals surface area contributed by atoms with E-state index in [2.05, 4.69) is 31.2 Å². The summed E-state index contributed by atoms with van der Waals surface area (Å²) >= 11 is 0. The number of hydrogen-bond donors (Lipinski definition) is 0. The lowest BCUT2D eigenvalue weighted by atomic mass is 10.2. The average Bonchev–Trinajstić information content (AvgIpc) is 2.62. The summed E-state index contributed by atoms with van der Waals surface area (Å²) < 4.78 is 0. The van der Waals surface area contributed by atoms with Crippen LogP contribution in [0.1, 0.15) is 24.8 Å². The van der Waals surface area contributed by atoms with Crippen LogP contribution >= 0.6 is 0 Å². The van der Waals surface area contributed by atoms with Gasteiger partial charge in [0.1, 0.15) is 0 Å². The summed E-state index contributed by atoms with van der Waals surface area (Å²) in [6, 6.07) is 10.3. The van der Waals surface area contributed by atoms with Gasteiger partial charge in [-0.15, -0.1) is 0 Å². The van der Waals surface area contributed by atoms with Crippen molar-refractivity contribution < 1.29 is 0 Å². The first-order valence-corrected chi connectivity index (χ1v) is 4.56. The summed E-state index contributed by atoms with van der Waals surface area (Å²) in [5.74, 6) is 0. The van der Waals surface area contributed by atoms with E-state index in [0.717, 1.165) is 0 Å². The minimum atomic E-state index is 1.32. The molecule has 1 aromatic carbocycles. The molecule has 64 valence electrons. The molecule has 0 heterocycles. The van der Waals surface area contributed by atoms with Gasteiger partial charge in [-0.2, -0.15) is 0 Å². The summed E-state index contributed by atoms with van der Waals surface area (Å²) in [7, 11) is 0. The highest BCUT2D eigenvalue weighted by molar-refractivity contribution is 5.11. The zero-order valence-corrected chi connectivity index (χ0v) is 7.66. The van der Waals surface area contributed by atoms with Crippen molar-refractivity contribution in [3.8, 4) is 0 Å². The molecule has 0 radical (unpaired) electrons. The molecule has 2 rings (SSSR count). The van der Waals surface area contributed by atoms with E-state index in [1.54, 1.807) is 0 Å². The number of rotatable bonds is 0. The summed E-state index contributed by atoms with van der Waals surface area (Å²) in [6.07, 6.45) is 8.50. The third-order valence-electron chi connectivity index (χ3n) is 1.85. The molecule has 1 aliphatic carbocycles. The van der Waals surface area contributed by atoms with Crippen LogP contribution in [0.25, 0.3) is 0 Å². The summed E-state index contributed by atoms with van der Waals surface area (Å²) in [5.41, 5.74) is 1.32. The fraction of sp³-hybridized carbons (Fsp3) is 0.333. The standard InChI is InChI=1S/C7H8.C5H8/c1-7-5-3-2-4-6-7;1-2-4-5-3-1/h2-6H,1H3;1-2H,3-5H2. The molecule has 0 aromatic heterocycles. The second kappa shape index (κ2) is 5.59. The Hall–Kier alpha value is -1.04. The third-order valence-corrected chi connectivity index (χ3v) is 1.85. The van der Waals surface area contributed by atoms with Gasteiger partial charge in [0.15, 0.2) is 0 Å². The topological polar surface area (TPSA) is 0 Å². The minimum Gasteiger partial charge on any atom is -0.0885 e. The van der Waals surface area contributed by atoms with E-state index in [1.165, 1.54) is 24.8 Å². The minimum absolute atomic E-state index is 1.32. The van der Waals surface area contributed by atoms with Crippen LogP contribution in [0.15, 0.2) is 42.5 Å². The van der Waals surface area contributed by atoms with Crippen LogP contribution < -0.4 is 0 Å². The molecular formula is C12H16. The molecule has 0 saturated heterocycles. The average molecular weight is 160 g/mol. The van der Waals surface area contributed by atoms with Crippen molar-refractivity contribution in [3.05, 3.63) is 48.0 Å². The largest absolute Gasteiger partial charge is 0.0885 e. The van der Waals surface area contributed by atoms with Crippen molar-refractivity contribution in [1.29, 1.82) is 0 Å². The molecule has 0 unspecified atom stereocenters. The highest BCUT2D eigenvalue weighted by atomic mass is 13.9. The zero-order chi connectivity index (χ0) is 8.65. The van der Waals surface area contributed by atoms with E-state index >= 15 is 0 Å². The van der Waals surface area contributed by atoms with Gasteiger partial charge in [0.2, 0.25) is 0 Å². The van der Waals surface area contributed by atoms with Gasteiger partial charge in [-0.25, -0.2) is 0 Å². The maximum atomic E-state index is 2.24. The van der Waals surface area contributed by atoms with E-state index < -0.39 is 0 Å². The van der Waals surface area contributed by atoms with E-state index in [0.29, 0.717) is 0 Å². The number of hydrogen-bond acceptors (Lipinski definition) is 0. The van der Waals surface area contributed by atoms with Crippen molar-refractivity contribution in [3.63, 3.8) is 0 Å². The molecule has 0 saturated carbocycles. The summed E-state index contributed by atoms with van der Waals surface area (Å²) in [6.45, 7) is 2.08. The quantitative estimate of drug-likeness (QED) is 0.507. The smallest absolute Gasteiger partial charge is 0.0348 e. The van der Waals surface area contributed by atoms with Crippen molar-refractivity contribution in [2.75, 3.05) is 0 Å². The Bertz CT molecular complexity index is 215. The maximum Gasteiger partial charge on any atom is -0.0348 e. The SMILES string of the molecule is C1=CCCC1.Cc1ccccc1. The molecule has 0 heteroatoms. The first kappa shape index (κ1) is 9.05. The van der Waals surface area contributed by atoms with E-state index in [9.17, 15) is 0 Å². The van der Waals surface area contributed by atoms with Crippen molar-refractivity contribution >= 4 is 0 Å². The van der Waals surface area contributed by atoms with Crippen molar-refractivity contribution in [2.24, 2.45) is 0 Å². The second-order valence-corrected chi connectivity index (χ2v) is 3.06. The molecule has 0 spiro atoms. The Morgan fingerprint density at radius 2 is 1.50 bits per heavy atom. The highest BCUT2D eigenvalue weighted by Crippen LogP contribution is 2.05. The predicted octanol–water partition coefficient (Wildman–Crippen LogP) is 3.72. The first-order valence-electron chi connectivity index (χ1n) is 4.56. The van der Waals surface area contributed by atoms with Gasteiger partial charge in [0.25, 0.3) is 0 Å². The van der Waals surface area contributed by atoms with Crippen molar-refractivity contribution in [2.45, 2.75) is 26.2 Å². The number of allylic oxidation sites excluding steroid dienone is 2. The zero-order valence-electron chi connectivity index (χ0n) is 7.66. The van der Waals surface area contributed by atoms with Gasteiger partial charge in [-0.1, -0.05) is 48.0 Å². The fourth-order valence-corrected chi connectivity index (χ4v) is 1.12. The lowest BCUT2D eigenvalue weighted by molar-refractivity contribution is 0.929. The van der Waals surface area contributed by atoms with Crippen LogP contribution in [0.3, 0.4) is 0 Å². The van der Waals surface area contributed by atoms with E-state index in [-0.39, 0.29) is 0 Å². The maximum absolute atomic E-state index is 2.24. The van der Waals surface area contributed by atoms with Gasteiger partial charge in [-0.05, 0) is 26.2 Å². The van der Waals surface area contributed by atoms with Crippen LogP contribution in [-0.2, 0) is 0 Å². The Balaban J connectivity index is 0.000000127. The molecule has 0 nitrogen and oxygen atoms in total. The molecule has 0 fully saturated rings. The monoisotopic (exact) mass is 160 g/mol. The second-order valence-electron chi connectivity index (χ2n) is 3.06. The molecule has 0 atom stereocenters. The lowest BCUT2D eigenvalue weighted by Gasteiger charge is -1.82. The molecule has 0 bridgehead atoms. The van der Waals surface area contributed by atoms with Gasteiger partial charge in [0.05, 0.1) is 0 Å². The third kappa shape index (κ3) is 3.97. The van der Waals surface area contributed by atoms with Gasteiger partial charge in [0, 0.05) is 0 Å². The van der Waals surface area contributed by atoms with E-state index in [4.69, 9.17) is 0 Å². The Morgan fingerprint density at radius 1 is 0.917 bits per heavy atom. The van der Waals surface area contributed by atoms with Gasteiger partial charge in [-0.3, -0.25) is 0 Å². The van der Waals surface area contributed by atoms with Crippen LogP contribution in [0.2, 0.25) is 0 Å². The number of benzene rings is 1. The van der Waals surface area contributed by atoms with E-state index in [1.807, 2.05) is 18.2 Å². The summed E-state index contributed by atoms with van der Waals surface area (Å²) in [5, 5.41) is 0. The van der Waals surface area contributed by atoms with Gasteiger partial charge < -0.3 is 0 Å². The molecule has 0 amide bonds. The lowest BCUT2D eigenvalue weighted by Crippen LogP contribution is -1.62. The van der Waals surface area contributed by atoms with Crippen LogP contribution in [0, 0.1) is 6.92 Å². The number of aryl methyl sites for hydroxylation is 1. The Kier molecular flexibility index (Phi) is 4.22. The van der Waals surface area contributed by atoms with Crippen LogP contribution in [0.5, 0.6) is 0 Å². The van der Waals surface area contributed by atoms with Crippen LogP contribution in [0.4, 0.5) is 0 Å². The Labute approximate surface area is 74.9 Å². The normalized spacial score (nSPS) is 13.8. The first-order chi connectivity index (χ1) is 5.89. The van der Waals surface area contributed by atoms with Crippen LogP contribution in [-0.4, -0.2) is 0 Å². The Morgan fingerprint density at radius 3 is 1.75 bits per heavy atom. The molecular weight excluding hydrogens is 144 g/mol. The van der Waals surface area contributed by atoms with Gasteiger partial charge >= 0.3 is 0 Å².